The molecule has 0 unspecified atom stereocenters. The van der Waals surface area contributed by atoms with E-state index >= 15 is 0 Å². The van der Waals surface area contributed by atoms with Crippen LogP contribution in [0.4, 0.5) is 0 Å². The van der Waals surface area contributed by atoms with Crippen LogP contribution in [0.1, 0.15) is 11.4 Å². The monoisotopic (exact) mass is 221 g/mol. The standard InChI is InChI=1S/C12H7N5/c1-2-4-8-7(3-1)13-9-5-11-12(16-17-15-11)6-10(9)14-8/h1-5H,6H2. The average Bonchev–Trinajstić information content (AvgIpc) is 2.80. The Bertz CT molecular complexity index is 727. The van der Waals surface area contributed by atoms with Crippen LogP contribution in [-0.2, 0) is 6.42 Å². The van der Waals surface area contributed by atoms with Crippen molar-refractivity contribution in [2.75, 3.05) is 0 Å². The lowest BCUT2D eigenvalue weighted by Gasteiger charge is -2.11. The van der Waals surface area contributed by atoms with Gasteiger partial charge in [-0.15, -0.1) is 10.2 Å². The molecule has 17 heavy (non-hydrogen) atoms. The molecule has 0 atom stereocenters. The third-order valence-corrected chi connectivity index (χ3v) is 2.90. The van der Waals surface area contributed by atoms with Gasteiger partial charge in [-0.25, -0.2) is 9.97 Å². The lowest BCUT2D eigenvalue weighted by atomic mass is 10.0. The maximum atomic E-state index is 4.60. The van der Waals surface area contributed by atoms with E-state index in [0.29, 0.717) is 6.42 Å². The third-order valence-electron chi connectivity index (χ3n) is 2.90. The molecule has 5 heteroatoms. The SMILES string of the molecule is C1=C2N=NN=C2Cc2nc3ccccc3nc21. The minimum Gasteiger partial charge on any atom is -0.249 e. The minimum absolute atomic E-state index is 0.659. The second-order valence-corrected chi connectivity index (χ2v) is 3.99. The van der Waals surface area contributed by atoms with Crippen LogP contribution in [0.5, 0.6) is 0 Å². The molecule has 2 aliphatic rings. The topological polar surface area (TPSA) is 62.9 Å². The van der Waals surface area contributed by atoms with Crippen LogP contribution < -0.4 is 0 Å². The predicted molar refractivity (Wildman–Crippen MR) is 63.5 cm³/mol. The fraction of sp³-hybridized carbons (Fsp3) is 0.0833. The highest BCUT2D eigenvalue weighted by Crippen LogP contribution is 2.25. The molecule has 0 fully saturated rings. The fourth-order valence-electron chi connectivity index (χ4n) is 2.06. The number of nitrogens with zero attached hydrogens (tertiary/aromatic N) is 5. The van der Waals surface area contributed by atoms with Gasteiger partial charge in [0.05, 0.1) is 28.1 Å². The van der Waals surface area contributed by atoms with Crippen LogP contribution in [0.15, 0.2) is 45.4 Å². The van der Waals surface area contributed by atoms with E-state index < -0.39 is 0 Å². The second-order valence-electron chi connectivity index (χ2n) is 3.99. The molecule has 0 radical (unpaired) electrons. The van der Waals surface area contributed by atoms with Crippen LogP contribution in [0.25, 0.3) is 17.1 Å². The van der Waals surface area contributed by atoms with Gasteiger partial charge in [0.1, 0.15) is 5.70 Å². The summed E-state index contributed by atoms with van der Waals surface area (Å²) < 4.78 is 0. The van der Waals surface area contributed by atoms with E-state index in [1.807, 2.05) is 30.3 Å². The van der Waals surface area contributed by atoms with Gasteiger partial charge in [0.2, 0.25) is 0 Å². The molecule has 0 saturated carbocycles. The van der Waals surface area contributed by atoms with E-state index in [9.17, 15) is 0 Å². The molecular formula is C12H7N5. The zero-order valence-corrected chi connectivity index (χ0v) is 8.83. The number of rotatable bonds is 0. The first-order chi connectivity index (χ1) is 8.40. The molecule has 5 nitrogen and oxygen atoms in total. The lowest BCUT2D eigenvalue weighted by molar-refractivity contribution is 1.09. The summed E-state index contributed by atoms with van der Waals surface area (Å²) in [4.78, 5) is 9.19. The molecule has 0 bridgehead atoms. The van der Waals surface area contributed by atoms with Gasteiger partial charge in [0.25, 0.3) is 0 Å². The Morgan fingerprint density at radius 1 is 1.00 bits per heavy atom. The molecule has 4 rings (SSSR count). The van der Waals surface area contributed by atoms with Crippen LogP contribution in [0.3, 0.4) is 0 Å². The van der Waals surface area contributed by atoms with Crippen LogP contribution in [-0.4, -0.2) is 15.7 Å². The molecule has 0 amide bonds. The first kappa shape index (κ1) is 8.69. The van der Waals surface area contributed by atoms with Gasteiger partial charge >= 0.3 is 0 Å². The summed E-state index contributed by atoms with van der Waals surface area (Å²) in [5.74, 6) is 0. The zero-order chi connectivity index (χ0) is 11.2. The molecule has 1 aliphatic carbocycles. The molecule has 0 N–H and O–H groups in total. The summed E-state index contributed by atoms with van der Waals surface area (Å²) in [6.07, 6.45) is 2.56. The number of para-hydroxylation sites is 2. The second kappa shape index (κ2) is 3.04. The zero-order valence-electron chi connectivity index (χ0n) is 8.83. The first-order valence-corrected chi connectivity index (χ1v) is 5.35. The first-order valence-electron chi connectivity index (χ1n) is 5.35. The smallest absolute Gasteiger partial charge is 0.113 e. The Morgan fingerprint density at radius 3 is 2.71 bits per heavy atom. The Morgan fingerprint density at radius 2 is 1.82 bits per heavy atom. The van der Waals surface area contributed by atoms with Gasteiger partial charge in [0.15, 0.2) is 0 Å². The highest BCUT2D eigenvalue weighted by Gasteiger charge is 2.22. The molecule has 0 spiro atoms. The Hall–Kier alpha value is -2.43. The van der Waals surface area contributed by atoms with Crippen molar-refractivity contribution >= 4 is 22.8 Å². The Kier molecular flexibility index (Phi) is 1.55. The molecule has 1 aliphatic heterocycles. The van der Waals surface area contributed by atoms with Crippen molar-refractivity contribution in [1.29, 1.82) is 0 Å². The largest absolute Gasteiger partial charge is 0.249 e. The van der Waals surface area contributed by atoms with E-state index in [0.717, 1.165) is 33.8 Å². The van der Waals surface area contributed by atoms with Crippen LogP contribution in [0, 0.1) is 0 Å². The highest BCUT2D eigenvalue weighted by atomic mass is 15.4. The number of fused-ring (bicyclic) bond motifs is 3. The molecule has 80 valence electrons. The highest BCUT2D eigenvalue weighted by molar-refractivity contribution is 6.07. The summed E-state index contributed by atoms with van der Waals surface area (Å²) in [6.45, 7) is 0. The predicted octanol–water partition coefficient (Wildman–Crippen LogP) is 2.35. The van der Waals surface area contributed by atoms with Gasteiger partial charge in [-0.05, 0) is 23.4 Å². The molecule has 2 heterocycles. The third kappa shape index (κ3) is 1.22. The van der Waals surface area contributed by atoms with Crippen molar-refractivity contribution < 1.29 is 0 Å². The summed E-state index contributed by atoms with van der Waals surface area (Å²) in [5, 5.41) is 11.6. The average molecular weight is 221 g/mol. The maximum absolute atomic E-state index is 4.60. The van der Waals surface area contributed by atoms with Crippen LogP contribution >= 0.6 is 0 Å². The number of hydrogen-bond acceptors (Lipinski definition) is 5. The van der Waals surface area contributed by atoms with E-state index in [1.165, 1.54) is 0 Å². The van der Waals surface area contributed by atoms with Gasteiger partial charge in [-0.1, -0.05) is 12.1 Å². The Labute approximate surface area is 96.6 Å². The van der Waals surface area contributed by atoms with Gasteiger partial charge in [0, 0.05) is 6.42 Å². The van der Waals surface area contributed by atoms with Crippen molar-refractivity contribution in [2.45, 2.75) is 6.42 Å². The molecule has 1 aromatic heterocycles. The van der Waals surface area contributed by atoms with Gasteiger partial charge < -0.3 is 0 Å². The van der Waals surface area contributed by atoms with Crippen molar-refractivity contribution in [3.05, 3.63) is 41.4 Å². The van der Waals surface area contributed by atoms with Crippen molar-refractivity contribution in [3.63, 3.8) is 0 Å². The summed E-state index contributed by atoms with van der Waals surface area (Å²) in [5.41, 5.74) is 5.31. The minimum atomic E-state index is 0.659. The van der Waals surface area contributed by atoms with Crippen molar-refractivity contribution in [1.82, 2.24) is 9.97 Å². The van der Waals surface area contributed by atoms with E-state index in [4.69, 9.17) is 0 Å². The molecule has 2 aromatic rings. The Balaban J connectivity index is 2.01. The molecule has 1 aromatic carbocycles. The molecular weight excluding hydrogens is 214 g/mol. The van der Waals surface area contributed by atoms with E-state index in [-0.39, 0.29) is 0 Å². The number of allylic oxidation sites excluding steroid dienone is 1. The van der Waals surface area contributed by atoms with Crippen molar-refractivity contribution in [3.8, 4) is 0 Å². The number of aromatic nitrogens is 2. The number of hydrogen-bond donors (Lipinski definition) is 0. The molecule has 0 saturated heterocycles. The lowest BCUT2D eigenvalue weighted by Crippen LogP contribution is -2.12. The normalized spacial score (nSPS) is 16.5. The van der Waals surface area contributed by atoms with Crippen LogP contribution in [0.2, 0.25) is 0 Å². The maximum Gasteiger partial charge on any atom is 0.113 e. The fourth-order valence-corrected chi connectivity index (χ4v) is 2.06. The van der Waals surface area contributed by atoms with E-state index in [2.05, 4.69) is 25.4 Å². The quantitative estimate of drug-likeness (QED) is 0.685. The summed E-state index contributed by atoms with van der Waals surface area (Å²) in [7, 11) is 0. The summed E-state index contributed by atoms with van der Waals surface area (Å²) in [6, 6.07) is 7.85. The van der Waals surface area contributed by atoms with E-state index in [1.54, 1.807) is 0 Å². The van der Waals surface area contributed by atoms with Gasteiger partial charge in [-0.3, -0.25) is 0 Å². The van der Waals surface area contributed by atoms with Crippen molar-refractivity contribution in [2.24, 2.45) is 15.4 Å². The van der Waals surface area contributed by atoms with Gasteiger partial charge in [-0.2, -0.15) is 0 Å². The number of benzene rings is 1. The summed E-state index contributed by atoms with van der Waals surface area (Å²) >= 11 is 0.